The van der Waals surface area contributed by atoms with Crippen molar-refractivity contribution in [3.63, 3.8) is 0 Å². The van der Waals surface area contributed by atoms with Crippen molar-refractivity contribution in [2.75, 3.05) is 12.3 Å². The molecule has 1 heterocycles. The molecule has 1 aliphatic carbocycles. The summed E-state index contributed by atoms with van der Waals surface area (Å²) < 4.78 is 5.41. The lowest BCUT2D eigenvalue weighted by Crippen LogP contribution is -2.39. The fraction of sp³-hybridized carbons (Fsp3) is 0.500. The van der Waals surface area contributed by atoms with Crippen molar-refractivity contribution in [3.05, 3.63) is 30.2 Å². The maximum absolute atomic E-state index is 5.89. The Morgan fingerprint density at radius 2 is 2.05 bits per heavy atom. The van der Waals surface area contributed by atoms with E-state index in [1.54, 1.807) is 0 Å². The SMILES string of the molecule is CCSc1ccc(-c2noc(CC3(CN)CCC3)n2)cc1. The van der Waals surface area contributed by atoms with Crippen LogP contribution in [-0.4, -0.2) is 22.4 Å². The second kappa shape index (κ2) is 6.20. The van der Waals surface area contributed by atoms with Crippen molar-refractivity contribution in [1.29, 1.82) is 0 Å². The Morgan fingerprint density at radius 1 is 1.29 bits per heavy atom. The third-order valence-electron chi connectivity index (χ3n) is 4.27. The average Bonchev–Trinajstić information content (AvgIpc) is 2.92. The van der Waals surface area contributed by atoms with Crippen LogP contribution in [0.3, 0.4) is 0 Å². The second-order valence-corrected chi connectivity index (χ2v) is 7.04. The van der Waals surface area contributed by atoms with Gasteiger partial charge in [-0.3, -0.25) is 0 Å². The van der Waals surface area contributed by atoms with Crippen molar-refractivity contribution in [2.45, 2.75) is 37.5 Å². The maximum atomic E-state index is 5.89. The Kier molecular flexibility index (Phi) is 4.31. The van der Waals surface area contributed by atoms with Gasteiger partial charge >= 0.3 is 0 Å². The van der Waals surface area contributed by atoms with E-state index in [1.165, 1.54) is 24.2 Å². The molecule has 1 aliphatic rings. The van der Waals surface area contributed by atoms with Crippen LogP contribution in [0, 0.1) is 5.41 Å². The highest BCUT2D eigenvalue weighted by Gasteiger charge is 2.37. The van der Waals surface area contributed by atoms with Crippen LogP contribution in [0.4, 0.5) is 0 Å². The van der Waals surface area contributed by atoms with E-state index in [2.05, 4.69) is 41.3 Å². The third-order valence-corrected chi connectivity index (χ3v) is 5.16. The number of aromatic nitrogens is 2. The quantitative estimate of drug-likeness (QED) is 0.827. The van der Waals surface area contributed by atoms with E-state index in [0.717, 1.165) is 17.7 Å². The summed E-state index contributed by atoms with van der Waals surface area (Å²) in [6.45, 7) is 2.85. The van der Waals surface area contributed by atoms with Crippen molar-refractivity contribution in [2.24, 2.45) is 11.1 Å². The molecule has 21 heavy (non-hydrogen) atoms. The highest BCUT2D eigenvalue weighted by atomic mass is 32.2. The zero-order valence-corrected chi connectivity index (χ0v) is 13.2. The summed E-state index contributed by atoms with van der Waals surface area (Å²) in [4.78, 5) is 5.80. The minimum atomic E-state index is 0.200. The number of hydrogen-bond donors (Lipinski definition) is 1. The number of nitrogens with two attached hydrogens (primary N) is 1. The normalized spacial score (nSPS) is 16.7. The standard InChI is InChI=1S/C16H21N3OS/c1-2-21-13-6-4-12(5-7-13)15-18-14(20-19-15)10-16(11-17)8-3-9-16/h4-7H,2-3,8-11,17H2,1H3. The first kappa shape index (κ1) is 14.6. The lowest BCUT2D eigenvalue weighted by Gasteiger charge is -2.39. The summed E-state index contributed by atoms with van der Waals surface area (Å²) in [6.07, 6.45) is 4.41. The van der Waals surface area contributed by atoms with E-state index in [4.69, 9.17) is 10.3 Å². The maximum Gasteiger partial charge on any atom is 0.227 e. The van der Waals surface area contributed by atoms with Gasteiger partial charge in [0.1, 0.15) is 0 Å². The van der Waals surface area contributed by atoms with Gasteiger partial charge in [-0.15, -0.1) is 11.8 Å². The van der Waals surface area contributed by atoms with E-state index >= 15 is 0 Å². The topological polar surface area (TPSA) is 64.9 Å². The van der Waals surface area contributed by atoms with Gasteiger partial charge in [0.15, 0.2) is 0 Å². The summed E-state index contributed by atoms with van der Waals surface area (Å²) in [5, 5.41) is 4.11. The van der Waals surface area contributed by atoms with Gasteiger partial charge in [0.05, 0.1) is 0 Å². The molecule has 0 spiro atoms. The van der Waals surface area contributed by atoms with Crippen LogP contribution in [-0.2, 0) is 6.42 Å². The van der Waals surface area contributed by atoms with Crippen LogP contribution in [0.1, 0.15) is 32.1 Å². The molecule has 0 bridgehead atoms. The largest absolute Gasteiger partial charge is 0.339 e. The van der Waals surface area contributed by atoms with Gasteiger partial charge in [-0.05, 0) is 54.8 Å². The molecule has 0 atom stereocenters. The van der Waals surface area contributed by atoms with Crippen molar-refractivity contribution >= 4 is 11.8 Å². The highest BCUT2D eigenvalue weighted by Crippen LogP contribution is 2.42. The lowest BCUT2D eigenvalue weighted by atomic mass is 9.67. The van der Waals surface area contributed by atoms with Gasteiger partial charge in [0, 0.05) is 16.9 Å². The molecule has 0 saturated heterocycles. The molecule has 2 N–H and O–H groups in total. The Balaban J connectivity index is 1.72. The van der Waals surface area contributed by atoms with E-state index in [9.17, 15) is 0 Å². The van der Waals surface area contributed by atoms with Crippen molar-refractivity contribution < 1.29 is 4.52 Å². The van der Waals surface area contributed by atoms with Gasteiger partial charge in [-0.1, -0.05) is 18.5 Å². The molecule has 0 amide bonds. The highest BCUT2D eigenvalue weighted by molar-refractivity contribution is 7.99. The number of thioether (sulfide) groups is 1. The van der Waals surface area contributed by atoms with Gasteiger partial charge < -0.3 is 10.3 Å². The zero-order chi connectivity index (χ0) is 14.7. The summed E-state index contributed by atoms with van der Waals surface area (Å²) in [5.74, 6) is 2.46. The molecule has 1 fully saturated rings. The molecule has 1 aromatic heterocycles. The minimum Gasteiger partial charge on any atom is -0.339 e. The van der Waals surface area contributed by atoms with E-state index < -0.39 is 0 Å². The first-order chi connectivity index (χ1) is 10.2. The summed E-state index contributed by atoms with van der Waals surface area (Å²) >= 11 is 1.83. The van der Waals surface area contributed by atoms with Crippen LogP contribution >= 0.6 is 11.8 Å². The molecule has 5 heteroatoms. The Labute approximate surface area is 129 Å². The molecule has 4 nitrogen and oxygen atoms in total. The van der Waals surface area contributed by atoms with E-state index in [0.29, 0.717) is 18.3 Å². The van der Waals surface area contributed by atoms with Crippen molar-refractivity contribution in [3.8, 4) is 11.4 Å². The van der Waals surface area contributed by atoms with Crippen LogP contribution in [0.25, 0.3) is 11.4 Å². The molecule has 2 aromatic rings. The molecule has 1 saturated carbocycles. The smallest absolute Gasteiger partial charge is 0.227 e. The number of nitrogens with zero attached hydrogens (tertiary/aromatic N) is 2. The first-order valence-corrected chi connectivity index (χ1v) is 8.49. The molecule has 0 radical (unpaired) electrons. The Hall–Kier alpha value is -1.33. The minimum absolute atomic E-state index is 0.200. The van der Waals surface area contributed by atoms with Gasteiger partial charge in [-0.2, -0.15) is 4.98 Å². The summed E-state index contributed by atoms with van der Waals surface area (Å²) in [6, 6.07) is 8.31. The van der Waals surface area contributed by atoms with Crippen molar-refractivity contribution in [1.82, 2.24) is 10.1 Å². The first-order valence-electron chi connectivity index (χ1n) is 7.50. The van der Waals surface area contributed by atoms with E-state index in [1.807, 2.05) is 11.8 Å². The molecule has 1 aromatic carbocycles. The number of rotatable bonds is 6. The molecule has 3 rings (SSSR count). The predicted octanol–water partition coefficient (Wildman–Crippen LogP) is 3.52. The van der Waals surface area contributed by atoms with Gasteiger partial charge in [0.25, 0.3) is 0 Å². The molecule has 0 aliphatic heterocycles. The molecular weight excluding hydrogens is 282 g/mol. The lowest BCUT2D eigenvalue weighted by molar-refractivity contribution is 0.129. The zero-order valence-electron chi connectivity index (χ0n) is 12.3. The number of hydrogen-bond acceptors (Lipinski definition) is 5. The van der Waals surface area contributed by atoms with Gasteiger partial charge in [-0.25, -0.2) is 0 Å². The second-order valence-electron chi connectivity index (χ2n) is 5.70. The van der Waals surface area contributed by atoms with Gasteiger partial charge in [0.2, 0.25) is 11.7 Å². The van der Waals surface area contributed by atoms with Crippen LogP contribution in [0.5, 0.6) is 0 Å². The van der Waals surface area contributed by atoms with Crippen LogP contribution in [0.2, 0.25) is 0 Å². The molecule has 112 valence electrons. The van der Waals surface area contributed by atoms with E-state index in [-0.39, 0.29) is 5.41 Å². The fourth-order valence-corrected chi connectivity index (χ4v) is 3.42. The fourth-order valence-electron chi connectivity index (χ4n) is 2.76. The summed E-state index contributed by atoms with van der Waals surface area (Å²) in [7, 11) is 0. The molecule has 0 unspecified atom stereocenters. The molecular formula is C16H21N3OS. The average molecular weight is 303 g/mol. The monoisotopic (exact) mass is 303 g/mol. The predicted molar refractivity (Wildman–Crippen MR) is 85.2 cm³/mol. The Morgan fingerprint density at radius 3 is 2.62 bits per heavy atom. The van der Waals surface area contributed by atoms with Crippen LogP contribution < -0.4 is 5.73 Å². The number of benzene rings is 1. The Bertz CT molecular complexity index is 584. The summed E-state index contributed by atoms with van der Waals surface area (Å²) in [5.41, 5.74) is 7.09. The van der Waals surface area contributed by atoms with Crippen LogP contribution in [0.15, 0.2) is 33.7 Å². The third kappa shape index (κ3) is 3.14.